The van der Waals surface area contributed by atoms with Crippen molar-refractivity contribution in [1.29, 1.82) is 5.26 Å². The highest BCUT2D eigenvalue weighted by Gasteiger charge is 2.02. The van der Waals surface area contributed by atoms with Crippen LogP contribution in [0.15, 0.2) is 0 Å². The van der Waals surface area contributed by atoms with Gasteiger partial charge in [0.05, 0.1) is 38.5 Å². The van der Waals surface area contributed by atoms with Crippen molar-refractivity contribution in [3.05, 3.63) is 0 Å². The van der Waals surface area contributed by atoms with Gasteiger partial charge in [0, 0.05) is 13.7 Å². The predicted molar refractivity (Wildman–Crippen MR) is 56.6 cm³/mol. The van der Waals surface area contributed by atoms with E-state index < -0.39 is 0 Å². The lowest BCUT2D eigenvalue weighted by molar-refractivity contribution is 0.0236. The Morgan fingerprint density at radius 3 is 2.27 bits per heavy atom. The van der Waals surface area contributed by atoms with Gasteiger partial charge in [-0.15, -0.1) is 0 Å². The van der Waals surface area contributed by atoms with E-state index in [0.717, 1.165) is 0 Å². The summed E-state index contributed by atoms with van der Waals surface area (Å²) < 4.78 is 15.3. The van der Waals surface area contributed by atoms with E-state index in [9.17, 15) is 0 Å². The van der Waals surface area contributed by atoms with Crippen LogP contribution in [0.4, 0.5) is 0 Å². The van der Waals surface area contributed by atoms with Gasteiger partial charge in [-0.25, -0.2) is 0 Å². The van der Waals surface area contributed by atoms with Crippen LogP contribution in [0.5, 0.6) is 0 Å². The van der Waals surface area contributed by atoms with Gasteiger partial charge in [-0.2, -0.15) is 5.26 Å². The lowest BCUT2D eigenvalue weighted by Crippen LogP contribution is -2.25. The van der Waals surface area contributed by atoms with Gasteiger partial charge in [0.1, 0.15) is 0 Å². The van der Waals surface area contributed by atoms with Crippen LogP contribution in [0.3, 0.4) is 0 Å². The van der Waals surface area contributed by atoms with E-state index >= 15 is 0 Å². The molecule has 0 heterocycles. The molecule has 0 saturated heterocycles. The van der Waals surface area contributed by atoms with E-state index in [1.54, 1.807) is 14.2 Å². The van der Waals surface area contributed by atoms with E-state index in [1.165, 1.54) is 0 Å². The van der Waals surface area contributed by atoms with Crippen molar-refractivity contribution >= 4 is 0 Å². The third-order valence-electron chi connectivity index (χ3n) is 1.86. The number of nitrogens with one attached hydrogen (secondary N) is 1. The van der Waals surface area contributed by atoms with Crippen molar-refractivity contribution in [2.75, 3.05) is 47.2 Å². The van der Waals surface area contributed by atoms with Gasteiger partial charge >= 0.3 is 0 Å². The molecule has 1 atom stereocenters. The van der Waals surface area contributed by atoms with Gasteiger partial charge in [0.2, 0.25) is 0 Å². The maximum absolute atomic E-state index is 8.62. The summed E-state index contributed by atoms with van der Waals surface area (Å²) in [5.74, 6) is 0. The van der Waals surface area contributed by atoms with E-state index in [0.29, 0.717) is 39.5 Å². The topological polar surface area (TPSA) is 63.5 Å². The summed E-state index contributed by atoms with van der Waals surface area (Å²) in [7, 11) is 3.40. The van der Waals surface area contributed by atoms with Gasteiger partial charge in [0.15, 0.2) is 0 Å². The first-order chi connectivity index (χ1) is 7.35. The van der Waals surface area contributed by atoms with Crippen LogP contribution in [0.1, 0.15) is 6.42 Å². The Balaban J connectivity index is 3.08. The molecule has 0 aromatic rings. The van der Waals surface area contributed by atoms with Gasteiger partial charge in [-0.1, -0.05) is 0 Å². The summed E-state index contributed by atoms with van der Waals surface area (Å²) in [6.07, 6.45) is 0.699. The molecule has 88 valence electrons. The first kappa shape index (κ1) is 14.3. The Labute approximate surface area is 91.3 Å². The Kier molecular flexibility index (Phi) is 10.9. The minimum atomic E-state index is -0.126. The zero-order chi connectivity index (χ0) is 11.4. The number of hydrogen-bond donors (Lipinski definition) is 1. The highest BCUT2D eigenvalue weighted by atomic mass is 16.5. The molecule has 0 saturated carbocycles. The van der Waals surface area contributed by atoms with Crippen LogP contribution >= 0.6 is 0 Å². The molecule has 0 fully saturated rings. The molecular weight excluding hydrogens is 196 g/mol. The average molecular weight is 216 g/mol. The fraction of sp³-hybridized carbons (Fsp3) is 0.900. The lowest BCUT2D eigenvalue weighted by Gasteiger charge is -2.08. The predicted octanol–water partition coefficient (Wildman–Crippen LogP) is 0.168. The quantitative estimate of drug-likeness (QED) is 0.527. The van der Waals surface area contributed by atoms with Gasteiger partial charge in [-0.3, -0.25) is 0 Å². The second-order valence-electron chi connectivity index (χ2n) is 2.98. The Morgan fingerprint density at radius 1 is 1.13 bits per heavy atom. The summed E-state index contributed by atoms with van der Waals surface area (Å²) in [5, 5.41) is 11.5. The van der Waals surface area contributed by atoms with Crippen LogP contribution in [0.2, 0.25) is 0 Å². The number of methoxy groups -OCH3 is 1. The summed E-state index contributed by atoms with van der Waals surface area (Å²) in [5.41, 5.74) is 0. The van der Waals surface area contributed by atoms with Gasteiger partial charge in [0.25, 0.3) is 0 Å². The zero-order valence-electron chi connectivity index (χ0n) is 9.49. The minimum Gasteiger partial charge on any atom is -0.382 e. The summed E-state index contributed by atoms with van der Waals surface area (Å²) >= 11 is 0. The van der Waals surface area contributed by atoms with Crippen LogP contribution in [-0.4, -0.2) is 53.2 Å². The van der Waals surface area contributed by atoms with Crippen LogP contribution in [-0.2, 0) is 14.2 Å². The molecule has 0 radical (unpaired) electrons. The van der Waals surface area contributed by atoms with Crippen molar-refractivity contribution < 1.29 is 14.2 Å². The fourth-order valence-electron chi connectivity index (χ4n) is 0.939. The van der Waals surface area contributed by atoms with Crippen molar-refractivity contribution in [2.24, 2.45) is 0 Å². The normalized spacial score (nSPS) is 12.3. The molecule has 1 N–H and O–H groups in total. The number of rotatable bonds is 10. The maximum Gasteiger partial charge on any atom is 0.0972 e. The smallest absolute Gasteiger partial charge is 0.0972 e. The number of nitrogens with zero attached hydrogens (tertiary/aromatic N) is 1. The minimum absolute atomic E-state index is 0.126. The zero-order valence-corrected chi connectivity index (χ0v) is 9.49. The summed E-state index contributed by atoms with van der Waals surface area (Å²) in [6.45, 7) is 2.91. The average Bonchev–Trinajstić information content (AvgIpc) is 2.27. The highest BCUT2D eigenvalue weighted by Crippen LogP contribution is 1.90. The Hall–Kier alpha value is -0.670. The van der Waals surface area contributed by atoms with Crippen LogP contribution in [0.25, 0.3) is 0 Å². The number of hydrogen-bond acceptors (Lipinski definition) is 5. The lowest BCUT2D eigenvalue weighted by atomic mass is 10.2. The van der Waals surface area contributed by atoms with Gasteiger partial charge < -0.3 is 19.5 Å². The fourth-order valence-corrected chi connectivity index (χ4v) is 0.939. The molecule has 5 heteroatoms. The molecule has 0 bridgehead atoms. The highest BCUT2D eigenvalue weighted by molar-refractivity contribution is 4.87. The molecule has 15 heavy (non-hydrogen) atoms. The first-order valence-corrected chi connectivity index (χ1v) is 5.06. The molecule has 0 amide bonds. The van der Waals surface area contributed by atoms with Crippen molar-refractivity contribution in [2.45, 2.75) is 12.5 Å². The Morgan fingerprint density at radius 2 is 1.73 bits per heavy atom. The molecule has 0 aliphatic heterocycles. The van der Waals surface area contributed by atoms with Crippen LogP contribution < -0.4 is 5.32 Å². The van der Waals surface area contributed by atoms with Gasteiger partial charge in [-0.05, 0) is 13.5 Å². The first-order valence-electron chi connectivity index (χ1n) is 5.06. The van der Waals surface area contributed by atoms with Crippen molar-refractivity contribution in [3.63, 3.8) is 0 Å². The number of nitriles is 1. The SMILES string of the molecule is CNC(C#N)CCOCCOCCOC. The molecular formula is C10H20N2O3. The molecule has 0 aromatic heterocycles. The molecule has 0 spiro atoms. The molecule has 0 aliphatic carbocycles. The van der Waals surface area contributed by atoms with E-state index in [-0.39, 0.29) is 6.04 Å². The third kappa shape index (κ3) is 9.63. The van der Waals surface area contributed by atoms with E-state index in [1.807, 2.05) is 0 Å². The molecule has 0 aromatic carbocycles. The Bertz CT molecular complexity index is 171. The summed E-state index contributed by atoms with van der Waals surface area (Å²) in [6, 6.07) is 2.01. The largest absolute Gasteiger partial charge is 0.382 e. The standard InChI is InChI=1S/C10H20N2O3/c1-12-10(9-11)3-4-14-7-8-15-6-5-13-2/h10,12H,3-8H2,1-2H3. The van der Waals surface area contributed by atoms with Crippen molar-refractivity contribution in [1.82, 2.24) is 5.32 Å². The molecule has 0 rings (SSSR count). The third-order valence-corrected chi connectivity index (χ3v) is 1.86. The van der Waals surface area contributed by atoms with Crippen molar-refractivity contribution in [3.8, 4) is 6.07 Å². The molecule has 1 unspecified atom stereocenters. The van der Waals surface area contributed by atoms with Crippen LogP contribution in [0, 0.1) is 11.3 Å². The maximum atomic E-state index is 8.62. The second kappa shape index (κ2) is 11.4. The summed E-state index contributed by atoms with van der Waals surface area (Å²) in [4.78, 5) is 0. The molecule has 0 aliphatic rings. The van der Waals surface area contributed by atoms with E-state index in [2.05, 4.69) is 11.4 Å². The monoisotopic (exact) mass is 216 g/mol. The van der Waals surface area contributed by atoms with E-state index in [4.69, 9.17) is 19.5 Å². The molecule has 5 nitrogen and oxygen atoms in total. The number of ether oxygens (including phenoxy) is 3. The second-order valence-corrected chi connectivity index (χ2v) is 2.98.